The predicted octanol–water partition coefficient (Wildman–Crippen LogP) is 3.24. The lowest BCUT2D eigenvalue weighted by Gasteiger charge is -2.37. The molecule has 27 heavy (non-hydrogen) atoms. The molecule has 1 saturated heterocycles. The van der Waals surface area contributed by atoms with E-state index in [2.05, 4.69) is 39.2 Å². The third kappa shape index (κ3) is 6.09. The minimum Gasteiger partial charge on any atom is -0.382 e. The second-order valence-electron chi connectivity index (χ2n) is 7.74. The van der Waals surface area contributed by atoms with Crippen LogP contribution in [-0.2, 0) is 11.3 Å². The molecule has 0 unspecified atom stereocenters. The topological polar surface area (TPSA) is 40.1 Å². The average molecular weight is 393 g/mol. The average Bonchev–Trinajstić information content (AvgIpc) is 3.44. The zero-order chi connectivity index (χ0) is 19.1. The minimum absolute atomic E-state index is 0.430. The third-order valence-corrected chi connectivity index (χ3v) is 5.97. The Labute approximate surface area is 168 Å². The molecule has 1 heterocycles. The molecule has 5 nitrogen and oxygen atoms in total. The molecule has 1 aromatic carbocycles. The summed E-state index contributed by atoms with van der Waals surface area (Å²) in [6.45, 7) is 9.81. The summed E-state index contributed by atoms with van der Waals surface area (Å²) < 4.78 is 5.54. The SMILES string of the molecule is CCOCCC1(CNC(=NC)N2CCN(Cc3cccc(Cl)c3)CC2)CC1. The highest BCUT2D eigenvalue weighted by Gasteiger charge is 2.42. The van der Waals surface area contributed by atoms with Gasteiger partial charge in [-0.1, -0.05) is 23.7 Å². The molecule has 150 valence electrons. The van der Waals surface area contributed by atoms with E-state index in [1.165, 1.54) is 18.4 Å². The number of benzene rings is 1. The normalized spacial score (nSPS) is 20.0. The second kappa shape index (κ2) is 9.76. The molecule has 0 bridgehead atoms. The van der Waals surface area contributed by atoms with Gasteiger partial charge in [-0.25, -0.2) is 0 Å². The fraction of sp³-hybridized carbons (Fsp3) is 0.667. The van der Waals surface area contributed by atoms with Crippen LogP contribution < -0.4 is 5.32 Å². The zero-order valence-corrected chi connectivity index (χ0v) is 17.5. The number of rotatable bonds is 8. The van der Waals surface area contributed by atoms with Crippen LogP contribution in [0.3, 0.4) is 0 Å². The molecule has 2 aliphatic rings. The van der Waals surface area contributed by atoms with E-state index in [-0.39, 0.29) is 0 Å². The fourth-order valence-electron chi connectivity index (χ4n) is 3.74. The highest BCUT2D eigenvalue weighted by molar-refractivity contribution is 6.30. The number of ether oxygens (including phenoxy) is 1. The Hall–Kier alpha value is -1.30. The summed E-state index contributed by atoms with van der Waals surface area (Å²) in [7, 11) is 1.89. The Kier molecular flexibility index (Phi) is 7.39. The van der Waals surface area contributed by atoms with Crippen molar-refractivity contribution in [3.8, 4) is 0 Å². The van der Waals surface area contributed by atoms with E-state index in [0.29, 0.717) is 5.41 Å². The lowest BCUT2D eigenvalue weighted by atomic mass is 10.0. The van der Waals surface area contributed by atoms with Crippen LogP contribution >= 0.6 is 11.6 Å². The Morgan fingerprint density at radius 2 is 2.04 bits per heavy atom. The van der Waals surface area contributed by atoms with Gasteiger partial charge < -0.3 is 15.0 Å². The van der Waals surface area contributed by atoms with Crippen LogP contribution in [0.2, 0.25) is 5.02 Å². The Morgan fingerprint density at radius 3 is 2.67 bits per heavy atom. The first-order valence-electron chi connectivity index (χ1n) is 10.1. The van der Waals surface area contributed by atoms with Crippen molar-refractivity contribution >= 4 is 17.6 Å². The molecule has 3 rings (SSSR count). The number of guanidine groups is 1. The van der Waals surface area contributed by atoms with Crippen LogP contribution in [-0.4, -0.2) is 68.7 Å². The second-order valence-corrected chi connectivity index (χ2v) is 8.18. The van der Waals surface area contributed by atoms with Gasteiger partial charge >= 0.3 is 0 Å². The molecule has 1 aliphatic carbocycles. The third-order valence-electron chi connectivity index (χ3n) is 5.74. The van der Waals surface area contributed by atoms with E-state index in [0.717, 1.165) is 69.9 Å². The molecule has 1 N–H and O–H groups in total. The number of nitrogens with zero attached hydrogens (tertiary/aromatic N) is 3. The maximum Gasteiger partial charge on any atom is 0.193 e. The van der Waals surface area contributed by atoms with Crippen molar-refractivity contribution in [2.75, 3.05) is 53.0 Å². The number of hydrogen-bond donors (Lipinski definition) is 1. The van der Waals surface area contributed by atoms with Crippen molar-refractivity contribution in [3.63, 3.8) is 0 Å². The van der Waals surface area contributed by atoms with E-state index in [9.17, 15) is 0 Å². The van der Waals surface area contributed by atoms with Crippen molar-refractivity contribution in [2.24, 2.45) is 10.4 Å². The standard InChI is InChI=1S/C21H33ClN4O/c1-3-27-14-9-21(7-8-21)17-24-20(23-2)26-12-10-25(11-13-26)16-18-5-4-6-19(22)15-18/h4-6,15H,3,7-14,16-17H2,1-2H3,(H,23,24). The monoisotopic (exact) mass is 392 g/mol. The van der Waals surface area contributed by atoms with Gasteiger partial charge in [0.15, 0.2) is 5.96 Å². The smallest absolute Gasteiger partial charge is 0.193 e. The summed E-state index contributed by atoms with van der Waals surface area (Å²) in [6.07, 6.45) is 3.76. The van der Waals surface area contributed by atoms with E-state index in [1.54, 1.807) is 0 Å². The van der Waals surface area contributed by atoms with Crippen molar-refractivity contribution in [1.82, 2.24) is 15.1 Å². The van der Waals surface area contributed by atoms with Crippen LogP contribution in [0.5, 0.6) is 0 Å². The lowest BCUT2D eigenvalue weighted by Crippen LogP contribution is -2.52. The zero-order valence-electron chi connectivity index (χ0n) is 16.7. The number of piperazine rings is 1. The summed E-state index contributed by atoms with van der Waals surface area (Å²) >= 11 is 6.10. The van der Waals surface area contributed by atoms with Crippen molar-refractivity contribution in [3.05, 3.63) is 34.9 Å². The summed E-state index contributed by atoms with van der Waals surface area (Å²) in [6, 6.07) is 8.17. The summed E-state index contributed by atoms with van der Waals surface area (Å²) in [5.74, 6) is 1.04. The highest BCUT2D eigenvalue weighted by atomic mass is 35.5. The summed E-state index contributed by atoms with van der Waals surface area (Å²) in [5, 5.41) is 4.44. The molecule has 0 amide bonds. The number of aliphatic imine (C=N–C) groups is 1. The molecule has 6 heteroatoms. The van der Waals surface area contributed by atoms with Gasteiger partial charge in [0.1, 0.15) is 0 Å². The fourth-order valence-corrected chi connectivity index (χ4v) is 3.95. The molecule has 0 radical (unpaired) electrons. The summed E-state index contributed by atoms with van der Waals surface area (Å²) in [4.78, 5) is 9.39. The molecular formula is C21H33ClN4O. The number of halogens is 1. The lowest BCUT2D eigenvalue weighted by molar-refractivity contribution is 0.128. The van der Waals surface area contributed by atoms with E-state index in [1.807, 2.05) is 19.2 Å². The van der Waals surface area contributed by atoms with Gasteiger partial charge in [-0.15, -0.1) is 0 Å². The van der Waals surface area contributed by atoms with Crippen LogP contribution in [0.4, 0.5) is 0 Å². The maximum absolute atomic E-state index is 6.10. The van der Waals surface area contributed by atoms with Crippen LogP contribution in [0.15, 0.2) is 29.3 Å². The van der Waals surface area contributed by atoms with Crippen LogP contribution in [0.1, 0.15) is 31.7 Å². The molecule has 0 atom stereocenters. The van der Waals surface area contributed by atoms with Crippen LogP contribution in [0.25, 0.3) is 0 Å². The van der Waals surface area contributed by atoms with Gasteiger partial charge in [-0.3, -0.25) is 9.89 Å². The van der Waals surface area contributed by atoms with Crippen molar-refractivity contribution in [1.29, 1.82) is 0 Å². The first kappa shape index (κ1) is 20.4. The van der Waals surface area contributed by atoms with Crippen molar-refractivity contribution in [2.45, 2.75) is 32.7 Å². The van der Waals surface area contributed by atoms with Crippen molar-refractivity contribution < 1.29 is 4.74 Å². The quantitative estimate of drug-likeness (QED) is 0.419. The highest BCUT2D eigenvalue weighted by Crippen LogP contribution is 2.48. The van der Waals surface area contributed by atoms with Gasteiger partial charge in [-0.05, 0) is 49.3 Å². The number of nitrogens with one attached hydrogen (secondary N) is 1. The molecule has 0 spiro atoms. The Balaban J connectivity index is 1.42. The van der Waals surface area contributed by atoms with Gasteiger partial charge in [0.25, 0.3) is 0 Å². The Morgan fingerprint density at radius 1 is 1.26 bits per heavy atom. The first-order chi connectivity index (χ1) is 13.1. The molecule has 1 aromatic rings. The molecule has 2 fully saturated rings. The van der Waals surface area contributed by atoms with E-state index in [4.69, 9.17) is 16.3 Å². The maximum atomic E-state index is 6.10. The van der Waals surface area contributed by atoms with Crippen LogP contribution in [0, 0.1) is 5.41 Å². The molecule has 1 aliphatic heterocycles. The van der Waals surface area contributed by atoms with Gasteiger partial charge in [0.05, 0.1) is 0 Å². The van der Waals surface area contributed by atoms with Gasteiger partial charge in [-0.2, -0.15) is 0 Å². The largest absolute Gasteiger partial charge is 0.382 e. The summed E-state index contributed by atoms with van der Waals surface area (Å²) in [5.41, 5.74) is 1.71. The first-order valence-corrected chi connectivity index (χ1v) is 10.5. The Bertz CT molecular complexity index is 624. The van der Waals surface area contributed by atoms with Gasteiger partial charge in [0, 0.05) is 64.6 Å². The predicted molar refractivity (Wildman–Crippen MR) is 112 cm³/mol. The van der Waals surface area contributed by atoms with E-state index >= 15 is 0 Å². The van der Waals surface area contributed by atoms with Gasteiger partial charge in [0.2, 0.25) is 0 Å². The number of hydrogen-bond acceptors (Lipinski definition) is 3. The molecule has 0 aromatic heterocycles. The molecule has 1 saturated carbocycles. The van der Waals surface area contributed by atoms with E-state index < -0.39 is 0 Å². The molecular weight excluding hydrogens is 360 g/mol. The minimum atomic E-state index is 0.430.